The van der Waals surface area contributed by atoms with Crippen LogP contribution in [-0.2, 0) is 7.05 Å². The van der Waals surface area contributed by atoms with Crippen molar-refractivity contribution in [1.29, 1.82) is 0 Å². The third kappa shape index (κ3) is 1.46. The molecule has 0 saturated carbocycles. The maximum absolute atomic E-state index is 4.30. The Kier molecular flexibility index (Phi) is 1.96. The number of aromatic nitrogens is 3. The van der Waals surface area contributed by atoms with Crippen LogP contribution in [-0.4, -0.2) is 14.8 Å². The number of benzene rings is 1. The van der Waals surface area contributed by atoms with Crippen LogP contribution in [0.1, 0.15) is 0 Å². The molecule has 0 aliphatic rings. The van der Waals surface area contributed by atoms with E-state index in [1.54, 1.807) is 0 Å². The fourth-order valence-electron chi connectivity index (χ4n) is 1.83. The Labute approximate surface area is 93.4 Å². The second-order valence-electron chi connectivity index (χ2n) is 3.81. The van der Waals surface area contributed by atoms with Crippen LogP contribution in [0.4, 0.5) is 0 Å². The predicted octanol–water partition coefficient (Wildman–Crippen LogP) is 2.64. The van der Waals surface area contributed by atoms with Gasteiger partial charge in [-0.15, -0.1) is 0 Å². The Morgan fingerprint density at radius 3 is 2.88 bits per heavy atom. The molecule has 0 radical (unpaired) electrons. The van der Waals surface area contributed by atoms with E-state index in [0.29, 0.717) is 0 Å². The minimum Gasteiger partial charge on any atom is -0.275 e. The zero-order valence-electron chi connectivity index (χ0n) is 8.96. The summed E-state index contributed by atoms with van der Waals surface area (Å²) in [5.41, 5.74) is 3.33. The first-order chi connectivity index (χ1) is 7.83. The number of aryl methyl sites for hydroxylation is 1. The summed E-state index contributed by atoms with van der Waals surface area (Å²) in [6, 6.07) is 10.3. The Morgan fingerprint density at radius 1 is 1.12 bits per heavy atom. The molecule has 1 aromatic carbocycles. The Morgan fingerprint density at radius 2 is 2.06 bits per heavy atom. The van der Waals surface area contributed by atoms with E-state index < -0.39 is 0 Å². The fourth-order valence-corrected chi connectivity index (χ4v) is 1.83. The molecule has 0 saturated heterocycles. The first-order valence-electron chi connectivity index (χ1n) is 5.17. The molecule has 3 nitrogen and oxygen atoms in total. The summed E-state index contributed by atoms with van der Waals surface area (Å²) in [7, 11) is 1.92. The van der Waals surface area contributed by atoms with Crippen molar-refractivity contribution in [1.82, 2.24) is 14.8 Å². The maximum atomic E-state index is 4.30. The van der Waals surface area contributed by atoms with E-state index in [0.717, 1.165) is 16.5 Å². The third-order valence-corrected chi connectivity index (χ3v) is 2.64. The lowest BCUT2D eigenvalue weighted by Crippen LogP contribution is -1.84. The SMILES string of the molecule is Cn1cc(-c2ccc3ncccc3c2)cn1. The molecule has 0 spiro atoms. The van der Waals surface area contributed by atoms with Crippen molar-refractivity contribution in [2.45, 2.75) is 0 Å². The monoisotopic (exact) mass is 209 g/mol. The molecule has 3 rings (SSSR count). The largest absolute Gasteiger partial charge is 0.275 e. The van der Waals surface area contributed by atoms with E-state index in [-0.39, 0.29) is 0 Å². The van der Waals surface area contributed by atoms with Gasteiger partial charge < -0.3 is 0 Å². The molecular formula is C13H11N3. The van der Waals surface area contributed by atoms with Crippen molar-refractivity contribution in [2.75, 3.05) is 0 Å². The van der Waals surface area contributed by atoms with Crippen molar-refractivity contribution >= 4 is 10.9 Å². The third-order valence-electron chi connectivity index (χ3n) is 2.64. The van der Waals surface area contributed by atoms with Crippen LogP contribution in [0.15, 0.2) is 48.9 Å². The molecule has 0 N–H and O–H groups in total. The topological polar surface area (TPSA) is 30.7 Å². The van der Waals surface area contributed by atoms with Gasteiger partial charge in [0, 0.05) is 30.4 Å². The summed E-state index contributed by atoms with van der Waals surface area (Å²) in [5, 5.41) is 5.33. The van der Waals surface area contributed by atoms with Gasteiger partial charge >= 0.3 is 0 Å². The van der Waals surface area contributed by atoms with Crippen LogP contribution in [0, 0.1) is 0 Å². The molecule has 0 fully saturated rings. The van der Waals surface area contributed by atoms with Crippen molar-refractivity contribution < 1.29 is 0 Å². The summed E-state index contributed by atoms with van der Waals surface area (Å²) in [6.45, 7) is 0. The van der Waals surface area contributed by atoms with Gasteiger partial charge in [-0.05, 0) is 23.8 Å². The normalized spacial score (nSPS) is 10.8. The Balaban J connectivity index is 2.18. The van der Waals surface area contributed by atoms with Crippen LogP contribution in [0.3, 0.4) is 0 Å². The van der Waals surface area contributed by atoms with E-state index in [9.17, 15) is 0 Å². The van der Waals surface area contributed by atoms with Crippen LogP contribution in [0.2, 0.25) is 0 Å². The molecule has 0 bridgehead atoms. The number of pyridine rings is 1. The first-order valence-corrected chi connectivity index (χ1v) is 5.17. The standard InChI is InChI=1S/C13H11N3/c1-16-9-12(8-15-16)10-4-5-13-11(7-10)3-2-6-14-13/h2-9H,1H3. The number of hydrogen-bond acceptors (Lipinski definition) is 2. The van der Waals surface area contributed by atoms with Gasteiger partial charge in [0.05, 0.1) is 11.7 Å². The van der Waals surface area contributed by atoms with Crippen LogP contribution in [0.25, 0.3) is 22.0 Å². The highest BCUT2D eigenvalue weighted by Crippen LogP contribution is 2.22. The Bertz CT molecular complexity index is 640. The summed E-state index contributed by atoms with van der Waals surface area (Å²) in [5.74, 6) is 0. The smallest absolute Gasteiger partial charge is 0.0702 e. The Hall–Kier alpha value is -2.16. The molecular weight excluding hydrogens is 198 g/mol. The average Bonchev–Trinajstić information content (AvgIpc) is 2.75. The van der Waals surface area contributed by atoms with Gasteiger partial charge in [-0.25, -0.2) is 0 Å². The molecule has 0 aliphatic carbocycles. The lowest BCUT2D eigenvalue weighted by atomic mass is 10.1. The maximum Gasteiger partial charge on any atom is 0.0702 e. The van der Waals surface area contributed by atoms with Crippen molar-refractivity contribution in [3.05, 3.63) is 48.9 Å². The zero-order valence-corrected chi connectivity index (χ0v) is 8.96. The molecule has 0 unspecified atom stereocenters. The second-order valence-corrected chi connectivity index (χ2v) is 3.81. The predicted molar refractivity (Wildman–Crippen MR) is 63.9 cm³/mol. The molecule has 0 atom stereocenters. The van der Waals surface area contributed by atoms with Crippen LogP contribution in [0.5, 0.6) is 0 Å². The van der Waals surface area contributed by atoms with E-state index in [2.05, 4.69) is 28.3 Å². The molecule has 3 aromatic rings. The van der Waals surface area contributed by atoms with E-state index in [1.807, 2.05) is 42.5 Å². The van der Waals surface area contributed by atoms with E-state index in [4.69, 9.17) is 0 Å². The minimum atomic E-state index is 1.02. The van der Waals surface area contributed by atoms with Gasteiger partial charge in [-0.1, -0.05) is 12.1 Å². The van der Waals surface area contributed by atoms with E-state index >= 15 is 0 Å². The van der Waals surface area contributed by atoms with Gasteiger partial charge in [0.15, 0.2) is 0 Å². The van der Waals surface area contributed by atoms with Gasteiger partial charge in [0.2, 0.25) is 0 Å². The number of rotatable bonds is 1. The minimum absolute atomic E-state index is 1.02. The summed E-state index contributed by atoms with van der Waals surface area (Å²) >= 11 is 0. The van der Waals surface area contributed by atoms with Crippen LogP contribution < -0.4 is 0 Å². The van der Waals surface area contributed by atoms with Crippen molar-refractivity contribution in [2.24, 2.45) is 7.05 Å². The molecule has 2 aromatic heterocycles. The molecule has 3 heteroatoms. The lowest BCUT2D eigenvalue weighted by molar-refractivity contribution is 0.768. The molecule has 16 heavy (non-hydrogen) atoms. The fraction of sp³-hybridized carbons (Fsp3) is 0.0769. The van der Waals surface area contributed by atoms with Crippen LogP contribution >= 0.6 is 0 Å². The number of hydrogen-bond donors (Lipinski definition) is 0. The van der Waals surface area contributed by atoms with Crippen molar-refractivity contribution in [3.8, 4) is 11.1 Å². The van der Waals surface area contributed by atoms with E-state index in [1.165, 1.54) is 5.56 Å². The highest BCUT2D eigenvalue weighted by Gasteiger charge is 2.01. The van der Waals surface area contributed by atoms with Gasteiger partial charge in [0.1, 0.15) is 0 Å². The summed E-state index contributed by atoms with van der Waals surface area (Å²) in [6.07, 6.45) is 5.70. The first kappa shape index (κ1) is 9.09. The van der Waals surface area contributed by atoms with Crippen molar-refractivity contribution in [3.63, 3.8) is 0 Å². The second kappa shape index (κ2) is 3.45. The number of nitrogens with zero attached hydrogens (tertiary/aromatic N) is 3. The van der Waals surface area contributed by atoms with Gasteiger partial charge in [-0.3, -0.25) is 9.67 Å². The summed E-state index contributed by atoms with van der Waals surface area (Å²) in [4.78, 5) is 4.30. The molecule has 78 valence electrons. The molecule has 0 amide bonds. The average molecular weight is 209 g/mol. The summed E-state index contributed by atoms with van der Waals surface area (Å²) < 4.78 is 1.81. The highest BCUT2D eigenvalue weighted by atomic mass is 15.2. The van der Waals surface area contributed by atoms with Gasteiger partial charge in [-0.2, -0.15) is 5.10 Å². The van der Waals surface area contributed by atoms with Gasteiger partial charge in [0.25, 0.3) is 0 Å². The molecule has 2 heterocycles. The zero-order chi connectivity index (χ0) is 11.0. The highest BCUT2D eigenvalue weighted by molar-refractivity contribution is 5.83. The lowest BCUT2D eigenvalue weighted by Gasteiger charge is -2.00. The quantitative estimate of drug-likeness (QED) is 0.616. The number of fused-ring (bicyclic) bond motifs is 1. The molecule has 0 aliphatic heterocycles.